The number of rotatable bonds is 5. The molecule has 1 aromatic rings. The van der Waals surface area contributed by atoms with Crippen molar-refractivity contribution in [1.82, 2.24) is 5.32 Å². The molecule has 0 aromatic heterocycles. The van der Waals surface area contributed by atoms with Gasteiger partial charge in [0.25, 0.3) is 0 Å². The summed E-state index contributed by atoms with van der Waals surface area (Å²) in [6, 6.07) is 2.18. The van der Waals surface area contributed by atoms with Crippen molar-refractivity contribution in [2.75, 3.05) is 18.1 Å². The van der Waals surface area contributed by atoms with Crippen molar-refractivity contribution in [3.8, 4) is 5.75 Å². The zero-order chi connectivity index (χ0) is 15.3. The number of carbonyl (C=O) groups excluding carboxylic acids is 2. The van der Waals surface area contributed by atoms with Crippen molar-refractivity contribution in [1.29, 1.82) is 0 Å². The normalized spacial score (nSPS) is 11.7. The zero-order valence-corrected chi connectivity index (χ0v) is 11.5. The highest BCUT2D eigenvalue weighted by molar-refractivity contribution is 5.83. The van der Waals surface area contributed by atoms with Gasteiger partial charge in [-0.05, 0) is 24.6 Å². The molecule has 1 rings (SSSR count). The van der Waals surface area contributed by atoms with E-state index in [1.54, 1.807) is 6.92 Å². The van der Waals surface area contributed by atoms with Crippen molar-refractivity contribution in [3.63, 3.8) is 0 Å². The van der Waals surface area contributed by atoms with Crippen LogP contribution in [0.4, 0.5) is 11.4 Å². The second kappa shape index (κ2) is 6.65. The van der Waals surface area contributed by atoms with E-state index in [-0.39, 0.29) is 36.1 Å². The first-order valence-electron chi connectivity index (χ1n) is 6.15. The molecule has 1 amide bonds. The van der Waals surface area contributed by atoms with Gasteiger partial charge in [0.15, 0.2) is 5.75 Å². The number of hydrogen-bond donors (Lipinski definition) is 4. The van der Waals surface area contributed by atoms with Gasteiger partial charge in [-0.1, -0.05) is 0 Å². The quantitative estimate of drug-likeness (QED) is 0.346. The summed E-state index contributed by atoms with van der Waals surface area (Å²) < 4.78 is 4.90. The lowest BCUT2D eigenvalue weighted by molar-refractivity contribution is -0.147. The lowest BCUT2D eigenvalue weighted by Crippen LogP contribution is -2.42. The number of hydrogen-bond acceptors (Lipinski definition) is 6. The summed E-state index contributed by atoms with van der Waals surface area (Å²) in [7, 11) is 0. The van der Waals surface area contributed by atoms with Crippen LogP contribution in [0.1, 0.15) is 19.4 Å². The molecular weight excluding hydrogens is 262 g/mol. The highest BCUT2D eigenvalue weighted by Gasteiger charge is 2.22. The molecule has 1 atom stereocenters. The molecule has 6 N–H and O–H groups in total. The largest absolute Gasteiger partial charge is 0.504 e. The van der Waals surface area contributed by atoms with Crippen molar-refractivity contribution in [3.05, 3.63) is 17.7 Å². The van der Waals surface area contributed by atoms with Crippen LogP contribution in [0.25, 0.3) is 0 Å². The van der Waals surface area contributed by atoms with E-state index in [0.717, 1.165) is 0 Å². The minimum Gasteiger partial charge on any atom is -0.504 e. The molecule has 0 unspecified atom stereocenters. The third-order valence-electron chi connectivity index (χ3n) is 2.62. The van der Waals surface area contributed by atoms with E-state index in [1.165, 1.54) is 19.1 Å². The number of amides is 1. The average molecular weight is 281 g/mol. The van der Waals surface area contributed by atoms with Crippen LogP contribution in [0.15, 0.2) is 12.1 Å². The SMILES string of the molecule is CCOC(=O)[C@@H](Cc1cc(N)c(O)c(N)c1)NC(C)=O. The van der Waals surface area contributed by atoms with Crippen LogP contribution in [0.2, 0.25) is 0 Å². The third kappa shape index (κ3) is 4.04. The van der Waals surface area contributed by atoms with Crippen molar-refractivity contribution in [2.24, 2.45) is 0 Å². The Morgan fingerprint density at radius 2 is 1.90 bits per heavy atom. The van der Waals surface area contributed by atoms with Crippen molar-refractivity contribution >= 4 is 23.3 Å². The van der Waals surface area contributed by atoms with Gasteiger partial charge in [0.2, 0.25) is 5.91 Å². The van der Waals surface area contributed by atoms with E-state index in [0.29, 0.717) is 5.56 Å². The Hall–Kier alpha value is -2.44. The van der Waals surface area contributed by atoms with Crippen LogP contribution in [0.5, 0.6) is 5.75 Å². The summed E-state index contributed by atoms with van der Waals surface area (Å²) in [5, 5.41) is 12.0. The summed E-state index contributed by atoms with van der Waals surface area (Å²) in [6.45, 7) is 3.21. The summed E-state index contributed by atoms with van der Waals surface area (Å²) in [5.74, 6) is -1.07. The first-order chi connectivity index (χ1) is 9.35. The lowest BCUT2D eigenvalue weighted by atomic mass is 10.0. The number of nitrogens with two attached hydrogens (primary N) is 2. The Bertz CT molecular complexity index is 493. The number of anilines is 2. The molecule has 20 heavy (non-hydrogen) atoms. The van der Waals surface area contributed by atoms with Crippen LogP contribution in [-0.4, -0.2) is 29.6 Å². The molecule has 0 aliphatic rings. The number of phenols is 1. The number of esters is 1. The predicted molar refractivity (Wildman–Crippen MR) is 74.9 cm³/mol. The van der Waals surface area contributed by atoms with Gasteiger partial charge in [-0.3, -0.25) is 4.79 Å². The Labute approximate surface area is 116 Å². The molecule has 0 saturated carbocycles. The maximum Gasteiger partial charge on any atom is 0.328 e. The smallest absolute Gasteiger partial charge is 0.328 e. The fourth-order valence-electron chi connectivity index (χ4n) is 1.78. The molecule has 7 heteroatoms. The summed E-state index contributed by atoms with van der Waals surface area (Å²) >= 11 is 0. The zero-order valence-electron chi connectivity index (χ0n) is 11.5. The second-order valence-electron chi connectivity index (χ2n) is 4.33. The maximum absolute atomic E-state index is 11.8. The lowest BCUT2D eigenvalue weighted by Gasteiger charge is -2.17. The summed E-state index contributed by atoms with van der Waals surface area (Å²) in [4.78, 5) is 22.9. The van der Waals surface area contributed by atoms with Gasteiger partial charge in [0, 0.05) is 13.3 Å². The van der Waals surface area contributed by atoms with Crippen LogP contribution < -0.4 is 16.8 Å². The van der Waals surface area contributed by atoms with E-state index >= 15 is 0 Å². The van der Waals surface area contributed by atoms with Crippen LogP contribution in [0, 0.1) is 0 Å². The minimum atomic E-state index is -0.823. The number of benzene rings is 1. The van der Waals surface area contributed by atoms with Gasteiger partial charge in [-0.2, -0.15) is 0 Å². The van der Waals surface area contributed by atoms with E-state index in [9.17, 15) is 14.7 Å². The van der Waals surface area contributed by atoms with Gasteiger partial charge in [-0.25, -0.2) is 4.79 Å². The Morgan fingerprint density at radius 3 is 2.35 bits per heavy atom. The van der Waals surface area contributed by atoms with Gasteiger partial charge in [-0.15, -0.1) is 0 Å². The van der Waals surface area contributed by atoms with Crippen molar-refractivity contribution < 1.29 is 19.4 Å². The number of aromatic hydroxyl groups is 1. The molecule has 0 spiro atoms. The fraction of sp³-hybridized carbons (Fsp3) is 0.385. The molecule has 0 aliphatic heterocycles. The van der Waals surface area contributed by atoms with Gasteiger partial charge in [0.05, 0.1) is 18.0 Å². The van der Waals surface area contributed by atoms with Crippen LogP contribution in [-0.2, 0) is 20.7 Å². The van der Waals surface area contributed by atoms with Crippen LogP contribution in [0.3, 0.4) is 0 Å². The second-order valence-corrected chi connectivity index (χ2v) is 4.33. The monoisotopic (exact) mass is 281 g/mol. The highest BCUT2D eigenvalue weighted by Crippen LogP contribution is 2.29. The maximum atomic E-state index is 11.8. The molecule has 1 aromatic carbocycles. The first-order valence-corrected chi connectivity index (χ1v) is 6.15. The molecular formula is C13H19N3O4. The Kier molecular flexibility index (Phi) is 5.19. The summed E-state index contributed by atoms with van der Waals surface area (Å²) in [6.07, 6.45) is 0.174. The van der Waals surface area contributed by atoms with Gasteiger partial charge >= 0.3 is 5.97 Å². The summed E-state index contributed by atoms with van der Waals surface area (Å²) in [5.41, 5.74) is 12.0. The number of nitrogens with one attached hydrogen (secondary N) is 1. The molecule has 0 fully saturated rings. The third-order valence-corrected chi connectivity index (χ3v) is 2.62. The van der Waals surface area contributed by atoms with Crippen LogP contribution >= 0.6 is 0 Å². The van der Waals surface area contributed by atoms with E-state index in [2.05, 4.69) is 5.32 Å². The molecule has 0 heterocycles. The number of phenolic OH excluding ortho intramolecular Hbond substituents is 1. The molecule has 0 radical (unpaired) electrons. The Balaban J connectivity index is 2.94. The van der Waals surface area contributed by atoms with Gasteiger partial charge in [0.1, 0.15) is 6.04 Å². The number of ether oxygens (including phenoxy) is 1. The molecule has 0 saturated heterocycles. The van der Waals surface area contributed by atoms with E-state index in [1.807, 2.05) is 0 Å². The van der Waals surface area contributed by atoms with Gasteiger partial charge < -0.3 is 26.6 Å². The van der Waals surface area contributed by atoms with E-state index in [4.69, 9.17) is 16.2 Å². The topological polar surface area (TPSA) is 128 Å². The molecule has 110 valence electrons. The number of carbonyl (C=O) groups is 2. The Morgan fingerprint density at radius 1 is 1.35 bits per heavy atom. The molecule has 0 aliphatic carbocycles. The van der Waals surface area contributed by atoms with Crippen molar-refractivity contribution in [2.45, 2.75) is 26.3 Å². The molecule has 0 bridgehead atoms. The number of nitrogen functional groups attached to an aromatic ring is 2. The highest BCUT2D eigenvalue weighted by atomic mass is 16.5. The average Bonchev–Trinajstić information content (AvgIpc) is 2.34. The minimum absolute atomic E-state index is 0.116. The predicted octanol–water partition coefficient (Wildman–Crippen LogP) is 0.167. The van der Waals surface area contributed by atoms with E-state index < -0.39 is 12.0 Å². The fourth-order valence-corrected chi connectivity index (χ4v) is 1.78. The molecule has 7 nitrogen and oxygen atoms in total. The first kappa shape index (κ1) is 15.6. The standard InChI is InChI=1S/C13H19N3O4/c1-3-20-13(19)11(16-7(2)17)6-8-4-9(14)12(18)10(15)5-8/h4-5,11,18H,3,6,14-15H2,1-2H3,(H,16,17)/t11-/m1/s1.